The summed E-state index contributed by atoms with van der Waals surface area (Å²) in [4.78, 5) is 4.42. The van der Waals surface area contributed by atoms with Crippen LogP contribution in [-0.2, 0) is 13.5 Å². The van der Waals surface area contributed by atoms with Crippen LogP contribution in [0.5, 0.6) is 0 Å². The Labute approximate surface area is 112 Å². The quantitative estimate of drug-likeness (QED) is 0.683. The maximum atomic E-state index is 4.42. The van der Waals surface area contributed by atoms with E-state index < -0.39 is 0 Å². The highest BCUT2D eigenvalue weighted by Gasteiger charge is 2.23. The Morgan fingerprint density at radius 2 is 2.06 bits per heavy atom. The fourth-order valence-corrected chi connectivity index (χ4v) is 2.52. The highest BCUT2D eigenvalue weighted by Crippen LogP contribution is 2.28. The van der Waals surface area contributed by atoms with E-state index in [-0.39, 0.29) is 0 Å². The van der Waals surface area contributed by atoms with Crippen LogP contribution in [0.1, 0.15) is 52.3 Å². The molecule has 0 aliphatic heterocycles. The van der Waals surface area contributed by atoms with Crippen molar-refractivity contribution in [3.05, 3.63) is 18.2 Å². The first kappa shape index (κ1) is 15.2. The molecule has 0 aliphatic rings. The van der Waals surface area contributed by atoms with Gasteiger partial charge in [-0.25, -0.2) is 4.98 Å². The van der Waals surface area contributed by atoms with Gasteiger partial charge in [0.05, 0.1) is 0 Å². The first-order chi connectivity index (χ1) is 8.61. The Morgan fingerprint density at radius 1 is 1.28 bits per heavy atom. The first-order valence-electron chi connectivity index (χ1n) is 7.28. The molecule has 0 saturated heterocycles. The van der Waals surface area contributed by atoms with Crippen LogP contribution in [0.4, 0.5) is 0 Å². The molecule has 104 valence electrons. The molecular weight excluding hydrogens is 222 g/mol. The molecule has 1 unspecified atom stereocenters. The number of imidazole rings is 1. The number of hydrogen-bond acceptors (Lipinski definition) is 2. The van der Waals surface area contributed by atoms with Crippen LogP contribution in [0.2, 0.25) is 0 Å². The highest BCUT2D eigenvalue weighted by atomic mass is 15.0. The van der Waals surface area contributed by atoms with Gasteiger partial charge in [0.2, 0.25) is 0 Å². The van der Waals surface area contributed by atoms with Crippen LogP contribution in [0.25, 0.3) is 0 Å². The van der Waals surface area contributed by atoms with E-state index in [0.29, 0.717) is 5.41 Å². The minimum Gasteiger partial charge on any atom is -0.338 e. The summed E-state index contributed by atoms with van der Waals surface area (Å²) in [5, 5.41) is 3.58. The Morgan fingerprint density at radius 3 is 2.61 bits per heavy atom. The summed E-state index contributed by atoms with van der Waals surface area (Å²) < 4.78 is 2.13. The topological polar surface area (TPSA) is 29.9 Å². The maximum Gasteiger partial charge on any atom is 0.108 e. The second-order valence-electron chi connectivity index (χ2n) is 5.69. The van der Waals surface area contributed by atoms with Crippen LogP contribution < -0.4 is 5.32 Å². The minimum atomic E-state index is 0.399. The van der Waals surface area contributed by atoms with Crippen molar-refractivity contribution >= 4 is 0 Å². The molecule has 0 radical (unpaired) electrons. The van der Waals surface area contributed by atoms with Crippen molar-refractivity contribution < 1.29 is 0 Å². The van der Waals surface area contributed by atoms with Crippen molar-refractivity contribution in [1.29, 1.82) is 0 Å². The van der Waals surface area contributed by atoms with Gasteiger partial charge in [0.15, 0.2) is 0 Å². The van der Waals surface area contributed by atoms with Gasteiger partial charge in [-0.1, -0.05) is 27.2 Å². The van der Waals surface area contributed by atoms with Crippen molar-refractivity contribution in [2.45, 2.75) is 52.9 Å². The molecule has 3 nitrogen and oxygen atoms in total. The van der Waals surface area contributed by atoms with Crippen molar-refractivity contribution in [3.8, 4) is 0 Å². The SMILES string of the molecule is CCCNCC(C)(CCC)CCc1nccn1C. The normalized spacial score (nSPS) is 14.7. The van der Waals surface area contributed by atoms with Gasteiger partial charge in [-0.05, 0) is 31.2 Å². The predicted octanol–water partition coefficient (Wildman–Crippen LogP) is 3.16. The lowest BCUT2D eigenvalue weighted by Crippen LogP contribution is -2.33. The van der Waals surface area contributed by atoms with E-state index in [1.54, 1.807) is 0 Å². The van der Waals surface area contributed by atoms with E-state index in [2.05, 4.69) is 42.7 Å². The molecule has 1 rings (SSSR count). The number of aryl methyl sites for hydroxylation is 2. The average molecular weight is 251 g/mol. The third-order valence-electron chi connectivity index (χ3n) is 3.71. The van der Waals surface area contributed by atoms with Crippen LogP contribution in [0.3, 0.4) is 0 Å². The number of rotatable bonds is 9. The Kier molecular flexibility index (Phi) is 6.41. The number of hydrogen-bond donors (Lipinski definition) is 1. The average Bonchev–Trinajstić information content (AvgIpc) is 2.73. The number of nitrogens with zero attached hydrogens (tertiary/aromatic N) is 2. The lowest BCUT2D eigenvalue weighted by molar-refractivity contribution is 0.254. The monoisotopic (exact) mass is 251 g/mol. The summed E-state index contributed by atoms with van der Waals surface area (Å²) in [6.07, 6.45) is 9.96. The van der Waals surface area contributed by atoms with Gasteiger partial charge in [0, 0.05) is 32.4 Å². The van der Waals surface area contributed by atoms with Crippen LogP contribution in [0.15, 0.2) is 12.4 Å². The third kappa shape index (κ3) is 4.81. The zero-order valence-corrected chi connectivity index (χ0v) is 12.5. The second kappa shape index (κ2) is 7.57. The highest BCUT2D eigenvalue weighted by molar-refractivity contribution is 4.93. The first-order valence-corrected chi connectivity index (χ1v) is 7.28. The largest absolute Gasteiger partial charge is 0.338 e. The molecule has 3 heteroatoms. The van der Waals surface area contributed by atoms with E-state index in [9.17, 15) is 0 Å². The van der Waals surface area contributed by atoms with Gasteiger partial charge in [-0.2, -0.15) is 0 Å². The van der Waals surface area contributed by atoms with Gasteiger partial charge in [0.25, 0.3) is 0 Å². The van der Waals surface area contributed by atoms with Crippen molar-refractivity contribution in [2.24, 2.45) is 12.5 Å². The van der Waals surface area contributed by atoms with Crippen LogP contribution >= 0.6 is 0 Å². The Bertz CT molecular complexity index is 332. The lowest BCUT2D eigenvalue weighted by atomic mass is 9.81. The predicted molar refractivity (Wildman–Crippen MR) is 77.7 cm³/mol. The summed E-state index contributed by atoms with van der Waals surface area (Å²) in [6, 6.07) is 0. The Hall–Kier alpha value is -0.830. The van der Waals surface area contributed by atoms with E-state index in [4.69, 9.17) is 0 Å². The lowest BCUT2D eigenvalue weighted by Gasteiger charge is -2.29. The minimum absolute atomic E-state index is 0.399. The number of aromatic nitrogens is 2. The molecule has 0 fully saturated rings. The fourth-order valence-electron chi connectivity index (χ4n) is 2.52. The Balaban J connectivity index is 2.48. The van der Waals surface area contributed by atoms with E-state index >= 15 is 0 Å². The molecule has 0 amide bonds. The number of nitrogens with one attached hydrogen (secondary N) is 1. The molecule has 0 aliphatic carbocycles. The van der Waals surface area contributed by atoms with Gasteiger partial charge in [0.1, 0.15) is 5.82 Å². The zero-order chi connectivity index (χ0) is 13.4. The van der Waals surface area contributed by atoms with E-state index in [1.165, 1.54) is 31.5 Å². The van der Waals surface area contributed by atoms with Gasteiger partial charge in [-0.3, -0.25) is 0 Å². The van der Waals surface area contributed by atoms with Gasteiger partial charge >= 0.3 is 0 Å². The summed E-state index contributed by atoms with van der Waals surface area (Å²) in [7, 11) is 2.08. The van der Waals surface area contributed by atoms with E-state index in [0.717, 1.165) is 19.5 Å². The van der Waals surface area contributed by atoms with Crippen LogP contribution in [-0.4, -0.2) is 22.6 Å². The molecule has 18 heavy (non-hydrogen) atoms. The molecule has 0 aromatic carbocycles. The smallest absolute Gasteiger partial charge is 0.108 e. The molecule has 1 heterocycles. The molecule has 0 saturated carbocycles. The summed E-state index contributed by atoms with van der Waals surface area (Å²) >= 11 is 0. The van der Waals surface area contributed by atoms with Crippen molar-refractivity contribution in [3.63, 3.8) is 0 Å². The van der Waals surface area contributed by atoms with Gasteiger partial charge in [-0.15, -0.1) is 0 Å². The molecule has 1 aromatic rings. The second-order valence-corrected chi connectivity index (χ2v) is 5.69. The maximum absolute atomic E-state index is 4.42. The fraction of sp³-hybridized carbons (Fsp3) is 0.800. The molecule has 1 atom stereocenters. The zero-order valence-electron chi connectivity index (χ0n) is 12.5. The molecule has 0 spiro atoms. The standard InChI is InChI=1S/C15H29N3/c1-5-8-15(3,13-16-10-6-2)9-7-14-17-11-12-18(14)4/h11-12,16H,5-10,13H2,1-4H3. The molecular formula is C15H29N3. The van der Waals surface area contributed by atoms with Crippen molar-refractivity contribution in [2.75, 3.05) is 13.1 Å². The molecule has 1 N–H and O–H groups in total. The molecule has 1 aromatic heterocycles. The molecule has 0 bridgehead atoms. The van der Waals surface area contributed by atoms with Gasteiger partial charge < -0.3 is 9.88 Å². The summed E-state index contributed by atoms with van der Waals surface area (Å²) in [6.45, 7) is 9.15. The summed E-state index contributed by atoms with van der Waals surface area (Å²) in [5.41, 5.74) is 0.399. The summed E-state index contributed by atoms with van der Waals surface area (Å²) in [5.74, 6) is 1.20. The van der Waals surface area contributed by atoms with Crippen LogP contribution in [0, 0.1) is 5.41 Å². The van der Waals surface area contributed by atoms with E-state index in [1.807, 2.05) is 12.4 Å². The third-order valence-corrected chi connectivity index (χ3v) is 3.71. The van der Waals surface area contributed by atoms with Crippen molar-refractivity contribution in [1.82, 2.24) is 14.9 Å².